The summed E-state index contributed by atoms with van der Waals surface area (Å²) in [4.78, 5) is 28.1. The Morgan fingerprint density at radius 1 is 1.10 bits per heavy atom. The van der Waals surface area contributed by atoms with Crippen molar-refractivity contribution in [3.63, 3.8) is 0 Å². The largest absolute Gasteiger partial charge is 0.468 e. The number of halogens is 3. The van der Waals surface area contributed by atoms with E-state index in [2.05, 4.69) is 20.2 Å². The molecule has 49 heavy (non-hydrogen) atoms. The van der Waals surface area contributed by atoms with Crippen LogP contribution >= 0.6 is 0 Å². The lowest BCUT2D eigenvalue weighted by atomic mass is 9.70. The summed E-state index contributed by atoms with van der Waals surface area (Å²) in [6.45, 7) is 3.25. The summed E-state index contributed by atoms with van der Waals surface area (Å²) in [5.74, 6) is -0.596. The highest BCUT2D eigenvalue weighted by molar-refractivity contribution is 6.01. The minimum Gasteiger partial charge on any atom is -0.468 e. The number of hydrogen-bond acceptors (Lipinski definition) is 8. The maximum atomic E-state index is 17.1. The molecular formula is C37H40F3N5O4. The van der Waals surface area contributed by atoms with Crippen molar-refractivity contribution in [2.75, 3.05) is 33.6 Å². The Labute approximate surface area is 282 Å². The summed E-state index contributed by atoms with van der Waals surface area (Å²) in [6, 6.07) is 6.53. The van der Waals surface area contributed by atoms with Gasteiger partial charge in [0.15, 0.2) is 12.6 Å². The molecule has 4 fully saturated rings. The molecule has 1 aliphatic carbocycles. The van der Waals surface area contributed by atoms with Gasteiger partial charge in [-0.1, -0.05) is 13.0 Å². The number of pyridine rings is 1. The summed E-state index contributed by atoms with van der Waals surface area (Å²) in [5, 5.41) is 4.79. The Morgan fingerprint density at radius 2 is 1.92 bits per heavy atom. The van der Waals surface area contributed by atoms with E-state index in [-0.39, 0.29) is 53.8 Å². The molecule has 3 saturated heterocycles. The number of alkyl halides is 1. The number of methoxy groups -OCH3 is 1. The molecule has 0 bridgehead atoms. The molecule has 2 aromatic carbocycles. The van der Waals surface area contributed by atoms with Gasteiger partial charge >= 0.3 is 6.01 Å². The maximum absolute atomic E-state index is 17.1. The van der Waals surface area contributed by atoms with E-state index in [1.165, 1.54) is 13.2 Å². The second kappa shape index (κ2) is 12.4. The van der Waals surface area contributed by atoms with E-state index in [0.29, 0.717) is 64.5 Å². The third-order valence-electron chi connectivity index (χ3n) is 11.3. The summed E-state index contributed by atoms with van der Waals surface area (Å²) in [6.07, 6.45) is 6.84. The molecule has 1 spiro atoms. The monoisotopic (exact) mass is 675 g/mol. The van der Waals surface area contributed by atoms with Crippen LogP contribution in [0.3, 0.4) is 0 Å². The lowest BCUT2D eigenvalue weighted by Crippen LogP contribution is -2.62. The Balaban J connectivity index is 1.24. The standard InChI is InChI=1S/C37H40F3N5O4/c1-3-25-28(39)6-5-22-13-24(49-20-47-2)14-26(30(22)25)33-31(40)34-27(17-41-33)32(21-7-10-36(11-8-21)16-29(46)44-36)42-35(43-34)48-19-37-9-4-12-45(37)18-23(38)15-37/h5-6,13-14,17,21,23H,3-4,7-12,15-16,18-20H2,1-2H3,(H,44,46)/t21?,23-,36?,37+/m1/s1. The first-order valence-electron chi connectivity index (χ1n) is 17.3. The number of nitrogens with zero attached hydrogens (tertiary/aromatic N) is 4. The van der Waals surface area contributed by atoms with Gasteiger partial charge in [0.1, 0.15) is 35.6 Å². The zero-order valence-electron chi connectivity index (χ0n) is 27.8. The molecule has 4 aliphatic rings. The van der Waals surface area contributed by atoms with Crippen molar-refractivity contribution >= 4 is 27.6 Å². The number of rotatable bonds is 9. The molecule has 9 nitrogen and oxygen atoms in total. The first kappa shape index (κ1) is 32.2. The molecule has 1 saturated carbocycles. The molecule has 12 heteroatoms. The van der Waals surface area contributed by atoms with Gasteiger partial charge < -0.3 is 19.5 Å². The maximum Gasteiger partial charge on any atom is 0.317 e. The molecule has 8 rings (SSSR count). The fourth-order valence-electron chi connectivity index (χ4n) is 8.83. The van der Waals surface area contributed by atoms with Crippen LogP contribution in [-0.2, 0) is 16.0 Å². The van der Waals surface area contributed by atoms with E-state index in [1.807, 2.05) is 6.92 Å². The number of benzene rings is 2. The van der Waals surface area contributed by atoms with Gasteiger partial charge in [0, 0.05) is 55.1 Å². The number of ether oxygens (including phenoxy) is 3. The Hall–Kier alpha value is -4.03. The number of hydrogen-bond donors (Lipinski definition) is 1. The zero-order valence-corrected chi connectivity index (χ0v) is 27.8. The number of aromatic nitrogens is 3. The predicted molar refractivity (Wildman–Crippen MR) is 177 cm³/mol. The smallest absolute Gasteiger partial charge is 0.317 e. The second-order valence-corrected chi connectivity index (χ2v) is 14.2. The zero-order chi connectivity index (χ0) is 33.9. The van der Waals surface area contributed by atoms with Gasteiger partial charge in [0.25, 0.3) is 0 Å². The number of β-lactam (4-membered cyclic amide) rings is 1. The number of nitrogens with one attached hydrogen (secondary N) is 1. The lowest BCUT2D eigenvalue weighted by Gasteiger charge is -2.46. The Kier molecular flexibility index (Phi) is 8.14. The van der Waals surface area contributed by atoms with Gasteiger partial charge in [0.2, 0.25) is 5.91 Å². The number of carbonyl (C=O) groups is 1. The SMILES string of the molecule is CCc1c(F)ccc2cc(OCOC)cc(-c3ncc4c(C5CCC6(CC5)CC(=O)N6)nc(OC[C@@]56CCCN5C[C@H](F)C6)nc4c3F)c12. The first-order chi connectivity index (χ1) is 23.7. The van der Waals surface area contributed by atoms with Crippen LogP contribution in [0.2, 0.25) is 0 Å². The molecule has 0 unspecified atom stereocenters. The highest BCUT2D eigenvalue weighted by Crippen LogP contribution is 2.46. The van der Waals surface area contributed by atoms with Crippen molar-refractivity contribution in [2.24, 2.45) is 0 Å². The van der Waals surface area contributed by atoms with E-state index in [9.17, 15) is 9.18 Å². The third-order valence-corrected chi connectivity index (χ3v) is 11.3. The van der Waals surface area contributed by atoms with Crippen molar-refractivity contribution in [3.05, 3.63) is 53.4 Å². The van der Waals surface area contributed by atoms with Crippen LogP contribution in [0.15, 0.2) is 30.5 Å². The van der Waals surface area contributed by atoms with Gasteiger partial charge in [-0.25, -0.2) is 13.2 Å². The fourth-order valence-corrected chi connectivity index (χ4v) is 8.83. The molecule has 5 heterocycles. The second-order valence-electron chi connectivity index (χ2n) is 14.2. The molecule has 3 aliphatic heterocycles. The number of carbonyl (C=O) groups excluding carboxylic acids is 1. The lowest BCUT2D eigenvalue weighted by molar-refractivity contribution is -0.134. The van der Waals surface area contributed by atoms with E-state index >= 15 is 8.78 Å². The average molecular weight is 676 g/mol. The van der Waals surface area contributed by atoms with Crippen molar-refractivity contribution < 1.29 is 32.2 Å². The average Bonchev–Trinajstić information content (AvgIpc) is 3.61. The summed E-state index contributed by atoms with van der Waals surface area (Å²) in [5.41, 5.74) is 0.936. The molecule has 1 amide bonds. The van der Waals surface area contributed by atoms with Crippen molar-refractivity contribution in [1.29, 1.82) is 0 Å². The Bertz CT molecular complexity index is 1940. The highest BCUT2D eigenvalue weighted by Gasteiger charge is 2.50. The van der Waals surface area contributed by atoms with Gasteiger partial charge in [-0.2, -0.15) is 9.97 Å². The highest BCUT2D eigenvalue weighted by atomic mass is 19.1. The van der Waals surface area contributed by atoms with Crippen molar-refractivity contribution in [2.45, 2.75) is 87.9 Å². The molecule has 1 N–H and O–H groups in total. The molecule has 0 radical (unpaired) electrons. The Morgan fingerprint density at radius 3 is 2.67 bits per heavy atom. The van der Waals surface area contributed by atoms with Gasteiger partial charge in [-0.3, -0.25) is 14.7 Å². The van der Waals surface area contributed by atoms with Gasteiger partial charge in [-0.15, -0.1) is 0 Å². The van der Waals surface area contributed by atoms with E-state index in [0.717, 1.165) is 45.1 Å². The van der Waals surface area contributed by atoms with Crippen LogP contribution in [0.5, 0.6) is 11.8 Å². The quantitative estimate of drug-likeness (QED) is 0.158. The van der Waals surface area contributed by atoms with Crippen LogP contribution in [0.1, 0.15) is 75.5 Å². The topological polar surface area (TPSA) is 98.7 Å². The van der Waals surface area contributed by atoms with Crippen LogP contribution in [-0.4, -0.2) is 76.6 Å². The van der Waals surface area contributed by atoms with Crippen molar-refractivity contribution in [3.8, 4) is 23.0 Å². The summed E-state index contributed by atoms with van der Waals surface area (Å²) >= 11 is 0. The fraction of sp³-hybridized carbons (Fsp3) is 0.514. The summed E-state index contributed by atoms with van der Waals surface area (Å²) in [7, 11) is 1.51. The molecule has 258 valence electrons. The van der Waals surface area contributed by atoms with Crippen LogP contribution in [0.25, 0.3) is 32.9 Å². The van der Waals surface area contributed by atoms with Crippen LogP contribution in [0, 0.1) is 11.6 Å². The van der Waals surface area contributed by atoms with E-state index < -0.39 is 17.5 Å². The minimum atomic E-state index is -0.916. The first-order valence-corrected chi connectivity index (χ1v) is 17.3. The molecular weight excluding hydrogens is 635 g/mol. The minimum absolute atomic E-state index is 0.00710. The normalized spacial score (nSPS) is 26.7. The molecule has 4 aromatic rings. The number of amides is 1. The van der Waals surface area contributed by atoms with Crippen LogP contribution < -0.4 is 14.8 Å². The number of aryl methyl sites for hydroxylation is 1. The number of fused-ring (bicyclic) bond motifs is 3. The van der Waals surface area contributed by atoms with Crippen LogP contribution in [0.4, 0.5) is 13.2 Å². The molecule has 2 atom stereocenters. The van der Waals surface area contributed by atoms with Gasteiger partial charge in [0.05, 0.1) is 11.2 Å². The summed E-state index contributed by atoms with van der Waals surface area (Å²) < 4.78 is 64.0. The predicted octanol–water partition coefficient (Wildman–Crippen LogP) is 6.54. The van der Waals surface area contributed by atoms with Crippen molar-refractivity contribution in [1.82, 2.24) is 25.2 Å². The third kappa shape index (κ3) is 5.57. The molecule has 2 aromatic heterocycles. The van der Waals surface area contributed by atoms with Gasteiger partial charge in [-0.05, 0) is 86.0 Å². The van der Waals surface area contributed by atoms with E-state index in [1.54, 1.807) is 24.4 Å². The van der Waals surface area contributed by atoms with E-state index in [4.69, 9.17) is 19.2 Å².